The van der Waals surface area contributed by atoms with Crippen molar-refractivity contribution in [3.63, 3.8) is 0 Å². The fraction of sp³-hybridized carbons (Fsp3) is 0.413. The standard InChI is InChI=1S/C46H52ClN3O11Si/c1-25-42(62(3,4)33-16-14-32(59-2)15-17-33)36(21-37(52)49-23-28-8-6-5-7-27(28)19-31(49)24-51)61-46(25)34-20-29(47)11-18-35(34)50(45(46)58)22-26-9-12-30(13-10-26)48-43(56)41-39(54)38(53)40(55)44(57)60-41/h5-18,20,25,31,36,38-42,44,51,53-55,57H,19,21-24H2,1-4H3,(H,48,56)/t25-,31+,36+,38+,39+,40-,41+,42-,44-,46+/m1/s1. The number of aliphatic hydroxyl groups is 5. The van der Waals surface area contributed by atoms with E-state index in [1.54, 1.807) is 59.4 Å². The van der Waals surface area contributed by atoms with E-state index in [0.717, 1.165) is 22.1 Å². The van der Waals surface area contributed by atoms with E-state index in [9.17, 15) is 35.1 Å². The Balaban J connectivity index is 1.10. The summed E-state index contributed by atoms with van der Waals surface area (Å²) < 4.78 is 17.8. The highest BCUT2D eigenvalue weighted by molar-refractivity contribution is 6.91. The van der Waals surface area contributed by atoms with Crippen molar-refractivity contribution >= 4 is 54.0 Å². The summed E-state index contributed by atoms with van der Waals surface area (Å²) in [6, 6.07) is 27.5. The minimum absolute atomic E-state index is 0.000201. The number of benzene rings is 4. The van der Waals surface area contributed by atoms with Crippen LogP contribution in [-0.4, -0.2) is 113 Å². The lowest BCUT2D eigenvalue weighted by molar-refractivity contribution is -0.274. The van der Waals surface area contributed by atoms with E-state index in [-0.39, 0.29) is 36.9 Å². The average molecular weight is 886 g/mol. The van der Waals surface area contributed by atoms with Gasteiger partial charge in [0.2, 0.25) is 5.91 Å². The van der Waals surface area contributed by atoms with Crippen molar-refractivity contribution in [1.82, 2.24) is 4.90 Å². The average Bonchev–Trinajstić information content (AvgIpc) is 3.69. The van der Waals surface area contributed by atoms with Crippen molar-refractivity contribution in [2.75, 3.05) is 23.9 Å². The van der Waals surface area contributed by atoms with Crippen LogP contribution < -0.4 is 20.1 Å². The molecule has 4 aliphatic heterocycles. The molecule has 3 amide bonds. The first kappa shape index (κ1) is 43.9. The molecule has 2 fully saturated rings. The number of aliphatic hydroxyl groups excluding tert-OH is 5. The maximum atomic E-state index is 15.3. The van der Waals surface area contributed by atoms with Crippen LogP contribution in [0.4, 0.5) is 11.4 Å². The number of carbonyl (C=O) groups is 3. The summed E-state index contributed by atoms with van der Waals surface area (Å²) >= 11 is 6.71. The van der Waals surface area contributed by atoms with Crippen LogP contribution >= 0.6 is 11.6 Å². The van der Waals surface area contributed by atoms with Crippen LogP contribution in [0.25, 0.3) is 0 Å². The van der Waals surface area contributed by atoms with Gasteiger partial charge >= 0.3 is 0 Å². The molecule has 0 aliphatic carbocycles. The van der Waals surface area contributed by atoms with Crippen LogP contribution in [0.5, 0.6) is 5.75 Å². The molecule has 16 heteroatoms. The van der Waals surface area contributed by atoms with E-state index in [1.165, 1.54) is 0 Å². The summed E-state index contributed by atoms with van der Waals surface area (Å²) in [5.74, 6) is -0.987. The number of rotatable bonds is 10. The summed E-state index contributed by atoms with van der Waals surface area (Å²) in [6.45, 7) is 6.82. The van der Waals surface area contributed by atoms with Crippen LogP contribution in [0.3, 0.4) is 0 Å². The lowest BCUT2D eigenvalue weighted by Gasteiger charge is -2.39. The molecule has 0 radical (unpaired) electrons. The lowest BCUT2D eigenvalue weighted by atomic mass is 9.82. The molecular weight excluding hydrogens is 834 g/mol. The largest absolute Gasteiger partial charge is 0.497 e. The number of hydrogen-bond acceptors (Lipinski definition) is 11. The first-order chi connectivity index (χ1) is 29.6. The Labute approximate surface area is 365 Å². The van der Waals surface area contributed by atoms with Gasteiger partial charge in [0.15, 0.2) is 18.0 Å². The third-order valence-corrected chi connectivity index (χ3v) is 18.1. The molecule has 4 aromatic carbocycles. The van der Waals surface area contributed by atoms with Gasteiger partial charge in [-0.25, -0.2) is 0 Å². The zero-order chi connectivity index (χ0) is 44.2. The topological polar surface area (TPSA) is 199 Å². The molecule has 0 unspecified atom stereocenters. The molecule has 0 aromatic heterocycles. The van der Waals surface area contributed by atoms with E-state index in [4.69, 9.17) is 25.8 Å². The number of methoxy groups -OCH3 is 1. The molecule has 14 nitrogen and oxygen atoms in total. The number of nitrogens with one attached hydrogen (secondary N) is 1. The predicted octanol–water partition coefficient (Wildman–Crippen LogP) is 3.19. The Morgan fingerprint density at radius 1 is 0.935 bits per heavy atom. The van der Waals surface area contributed by atoms with E-state index in [0.29, 0.717) is 40.5 Å². The van der Waals surface area contributed by atoms with Gasteiger partial charge in [-0.3, -0.25) is 14.4 Å². The second-order valence-electron chi connectivity index (χ2n) is 17.3. The van der Waals surface area contributed by atoms with Crippen LogP contribution in [0.2, 0.25) is 23.7 Å². The number of carbonyl (C=O) groups excluding carboxylic acids is 3. The van der Waals surface area contributed by atoms with Crippen LogP contribution in [0, 0.1) is 5.92 Å². The minimum Gasteiger partial charge on any atom is -0.497 e. The summed E-state index contributed by atoms with van der Waals surface area (Å²) in [5, 5.41) is 54.7. The quantitative estimate of drug-likeness (QED) is 0.128. The minimum atomic E-state index is -2.61. The summed E-state index contributed by atoms with van der Waals surface area (Å²) in [7, 11) is -0.995. The van der Waals surface area contributed by atoms with Crippen molar-refractivity contribution in [1.29, 1.82) is 0 Å². The smallest absolute Gasteiger partial charge is 0.264 e. The molecule has 62 heavy (non-hydrogen) atoms. The van der Waals surface area contributed by atoms with Crippen molar-refractivity contribution < 1.29 is 54.1 Å². The fourth-order valence-electron chi connectivity index (χ4n) is 10.1. The Bertz CT molecular complexity index is 2330. The van der Waals surface area contributed by atoms with Gasteiger partial charge in [-0.15, -0.1) is 0 Å². The zero-order valence-corrected chi connectivity index (χ0v) is 36.6. The van der Waals surface area contributed by atoms with Gasteiger partial charge in [0.1, 0.15) is 24.1 Å². The highest BCUT2D eigenvalue weighted by atomic mass is 35.5. The van der Waals surface area contributed by atoms with Gasteiger partial charge in [-0.1, -0.05) is 85.3 Å². The third-order valence-electron chi connectivity index (χ3n) is 13.5. The van der Waals surface area contributed by atoms with E-state index < -0.39 is 68.4 Å². The molecule has 6 N–H and O–H groups in total. The maximum Gasteiger partial charge on any atom is 0.264 e. The number of fused-ring (bicyclic) bond motifs is 3. The first-order valence-corrected chi connectivity index (χ1v) is 24.2. The molecule has 328 valence electrons. The van der Waals surface area contributed by atoms with Crippen molar-refractivity contribution in [2.24, 2.45) is 5.92 Å². The summed E-state index contributed by atoms with van der Waals surface area (Å²) in [5.41, 5.74) is 2.67. The number of nitrogens with zero attached hydrogens (tertiary/aromatic N) is 2. The molecule has 0 saturated carbocycles. The Kier molecular flexibility index (Phi) is 12.1. The van der Waals surface area contributed by atoms with E-state index in [1.807, 2.05) is 43.3 Å². The van der Waals surface area contributed by atoms with E-state index >= 15 is 4.79 Å². The fourth-order valence-corrected chi connectivity index (χ4v) is 14.3. The maximum absolute atomic E-state index is 15.3. The predicted molar refractivity (Wildman–Crippen MR) is 232 cm³/mol. The van der Waals surface area contributed by atoms with Gasteiger partial charge in [0.25, 0.3) is 11.8 Å². The highest BCUT2D eigenvalue weighted by Gasteiger charge is 2.66. The van der Waals surface area contributed by atoms with Crippen molar-refractivity contribution in [2.45, 2.75) is 99.9 Å². The summed E-state index contributed by atoms with van der Waals surface area (Å²) in [4.78, 5) is 46.4. The molecule has 8 rings (SSSR count). The van der Waals surface area contributed by atoms with Crippen molar-refractivity contribution in [3.05, 3.63) is 118 Å². The molecule has 2 saturated heterocycles. The Morgan fingerprint density at radius 3 is 2.31 bits per heavy atom. The second-order valence-corrected chi connectivity index (χ2v) is 22.5. The van der Waals surface area contributed by atoms with Gasteiger partial charge in [-0.2, -0.15) is 0 Å². The molecule has 4 aromatic rings. The van der Waals surface area contributed by atoms with Gasteiger partial charge in [-0.05, 0) is 71.1 Å². The van der Waals surface area contributed by atoms with Crippen LogP contribution in [0.15, 0.2) is 91.0 Å². The zero-order valence-electron chi connectivity index (χ0n) is 34.8. The van der Waals surface area contributed by atoms with Crippen molar-refractivity contribution in [3.8, 4) is 5.75 Å². The normalized spacial score (nSPS) is 29.4. The van der Waals surface area contributed by atoms with Crippen LogP contribution in [-0.2, 0) is 49.0 Å². The monoisotopic (exact) mass is 885 g/mol. The highest BCUT2D eigenvalue weighted by Crippen LogP contribution is 2.60. The molecule has 4 aliphatic rings. The number of anilines is 2. The lowest BCUT2D eigenvalue weighted by Crippen LogP contribution is -2.60. The molecule has 4 heterocycles. The number of halogens is 1. The number of amides is 3. The first-order valence-electron chi connectivity index (χ1n) is 20.8. The van der Waals surface area contributed by atoms with Gasteiger partial charge < -0.3 is 54.9 Å². The molecule has 1 spiro atoms. The third kappa shape index (κ3) is 7.62. The summed E-state index contributed by atoms with van der Waals surface area (Å²) in [6.07, 6.45) is -9.01. The number of hydrogen-bond donors (Lipinski definition) is 6. The SMILES string of the molecule is COc1ccc([Si](C)(C)[C@H]2[C@H](CC(=O)N3Cc4ccccc4C[C@H]3CO)O[C@@]3(C(=O)N(Cc4ccc(NC(=O)[C@H]5O[C@@H](O)[C@H](O)[C@@H](O)[C@@H]5O)cc4)c4ccc(Cl)cc43)[C@@H]2C)cc1. The molecular formula is C46H52ClN3O11Si. The Hall–Kier alpha value is -4.68. The van der Waals surface area contributed by atoms with Gasteiger partial charge in [0, 0.05) is 28.7 Å². The number of ether oxygens (including phenoxy) is 3. The Morgan fingerprint density at radius 2 is 1.63 bits per heavy atom. The van der Waals surface area contributed by atoms with Crippen LogP contribution in [0.1, 0.15) is 35.6 Å². The molecule has 10 atom stereocenters. The van der Waals surface area contributed by atoms with E-state index in [2.05, 4.69) is 30.5 Å². The van der Waals surface area contributed by atoms with Gasteiger partial charge in [0.05, 0.1) is 52.6 Å². The molecule has 0 bridgehead atoms. The second kappa shape index (κ2) is 17.1.